The predicted molar refractivity (Wildman–Crippen MR) is 127 cm³/mol. The number of rotatable bonds is 6. The van der Waals surface area contributed by atoms with E-state index in [9.17, 15) is 4.79 Å². The van der Waals surface area contributed by atoms with Crippen LogP contribution in [0, 0.1) is 0 Å². The molecule has 0 aliphatic carbocycles. The Morgan fingerprint density at radius 1 is 1.20 bits per heavy atom. The molecule has 9 heteroatoms. The van der Waals surface area contributed by atoms with Crippen molar-refractivity contribution in [1.82, 2.24) is 15.4 Å². The fourth-order valence-electron chi connectivity index (χ4n) is 3.83. The van der Waals surface area contributed by atoms with Crippen molar-refractivity contribution in [3.63, 3.8) is 0 Å². The van der Waals surface area contributed by atoms with E-state index in [1.165, 1.54) is 11.3 Å². The second kappa shape index (κ2) is 10.0. The van der Waals surface area contributed by atoms with Gasteiger partial charge in [0.1, 0.15) is 5.71 Å². The summed E-state index contributed by atoms with van der Waals surface area (Å²) in [4.78, 5) is 14.0. The first kappa shape index (κ1) is 22.1. The van der Waals surface area contributed by atoms with Crippen LogP contribution in [0.25, 0.3) is 0 Å². The Labute approximate surface area is 199 Å². The molecule has 1 atom stereocenters. The molecule has 1 amide bonds. The number of nitrogens with one attached hydrogen (secondary N) is 1. The first-order valence-corrected chi connectivity index (χ1v) is 12.5. The van der Waals surface area contributed by atoms with Crippen LogP contribution in [-0.2, 0) is 11.2 Å². The summed E-state index contributed by atoms with van der Waals surface area (Å²) in [5.74, 6) is -0.0930. The van der Waals surface area contributed by atoms with Crippen LogP contribution in [0.1, 0.15) is 42.2 Å². The maximum absolute atomic E-state index is 12.9. The minimum atomic E-state index is -0.0930. The van der Waals surface area contributed by atoms with Crippen molar-refractivity contribution < 1.29 is 4.79 Å². The first-order valence-electron chi connectivity index (χ1n) is 10.1. The summed E-state index contributed by atoms with van der Waals surface area (Å²) in [6.45, 7) is 2.47. The second-order valence-electron chi connectivity index (χ2n) is 7.55. The molecule has 5 nitrogen and oxygen atoms in total. The van der Waals surface area contributed by atoms with Gasteiger partial charge in [0.05, 0.1) is 9.83 Å². The molecule has 1 unspecified atom stereocenters. The monoisotopic (exact) mass is 528 g/mol. The minimum absolute atomic E-state index is 0.0504. The summed E-state index contributed by atoms with van der Waals surface area (Å²) in [5.41, 5.74) is 4.65. The van der Waals surface area contributed by atoms with Gasteiger partial charge in [-0.25, -0.2) is 5.01 Å². The van der Waals surface area contributed by atoms with E-state index < -0.39 is 0 Å². The van der Waals surface area contributed by atoms with Gasteiger partial charge < -0.3 is 0 Å². The highest BCUT2D eigenvalue weighted by Crippen LogP contribution is 2.37. The van der Waals surface area contributed by atoms with Crippen molar-refractivity contribution >= 4 is 62.1 Å². The zero-order valence-electron chi connectivity index (χ0n) is 16.4. The third-order valence-electron chi connectivity index (χ3n) is 5.42. The molecule has 1 saturated heterocycles. The number of hydrazine groups is 1. The number of hydrazone groups is 1. The maximum Gasteiger partial charge on any atom is 0.281 e. The van der Waals surface area contributed by atoms with Crippen molar-refractivity contribution in [2.75, 3.05) is 19.6 Å². The van der Waals surface area contributed by atoms with E-state index in [1.807, 2.05) is 28.2 Å². The SMILES string of the molecule is O=C(NN1CCCCC1)C1=NN(CCc2ccc(Cl)cc2Cl)C(c2ccc(Br)s2)C1. The molecule has 1 N–H and O–H groups in total. The molecule has 1 aromatic heterocycles. The van der Waals surface area contributed by atoms with Crippen LogP contribution in [-0.4, -0.2) is 41.3 Å². The number of benzene rings is 1. The normalized spacial score (nSPS) is 19.8. The van der Waals surface area contributed by atoms with Crippen LogP contribution in [0.5, 0.6) is 0 Å². The van der Waals surface area contributed by atoms with Crippen molar-refractivity contribution in [2.24, 2.45) is 5.10 Å². The van der Waals surface area contributed by atoms with Crippen molar-refractivity contribution in [3.05, 3.63) is 54.6 Å². The lowest BCUT2D eigenvalue weighted by Gasteiger charge is -2.26. The zero-order chi connectivity index (χ0) is 21.1. The lowest BCUT2D eigenvalue weighted by molar-refractivity contribution is -0.119. The quantitative estimate of drug-likeness (QED) is 0.523. The Kier molecular flexibility index (Phi) is 7.36. The van der Waals surface area contributed by atoms with Crippen LogP contribution in [0.3, 0.4) is 0 Å². The van der Waals surface area contributed by atoms with Crippen molar-refractivity contribution in [3.8, 4) is 0 Å². The molecular formula is C21H23BrCl2N4OS. The second-order valence-corrected chi connectivity index (χ2v) is 10.9. The number of nitrogens with zero attached hydrogens (tertiary/aromatic N) is 3. The molecule has 160 valence electrons. The molecular weight excluding hydrogens is 507 g/mol. The van der Waals surface area contributed by atoms with E-state index in [0.29, 0.717) is 28.7 Å². The highest BCUT2D eigenvalue weighted by molar-refractivity contribution is 9.11. The van der Waals surface area contributed by atoms with Crippen LogP contribution in [0.15, 0.2) is 39.2 Å². The van der Waals surface area contributed by atoms with Gasteiger partial charge in [0, 0.05) is 41.0 Å². The summed E-state index contributed by atoms with van der Waals surface area (Å²) >= 11 is 17.6. The van der Waals surface area contributed by atoms with Crippen molar-refractivity contribution in [2.45, 2.75) is 38.1 Å². The number of carbonyl (C=O) groups is 1. The summed E-state index contributed by atoms with van der Waals surface area (Å²) in [6.07, 6.45) is 4.79. The lowest BCUT2D eigenvalue weighted by atomic mass is 10.1. The highest BCUT2D eigenvalue weighted by Gasteiger charge is 2.33. The predicted octanol–water partition coefficient (Wildman–Crippen LogP) is 5.68. The van der Waals surface area contributed by atoms with E-state index in [-0.39, 0.29) is 11.9 Å². The number of hydrogen-bond donors (Lipinski definition) is 1. The maximum atomic E-state index is 12.9. The zero-order valence-corrected chi connectivity index (χ0v) is 20.3. The molecule has 3 heterocycles. The van der Waals surface area contributed by atoms with Crippen LogP contribution >= 0.6 is 50.5 Å². The number of amides is 1. The van der Waals surface area contributed by atoms with E-state index in [2.05, 4.69) is 27.4 Å². The molecule has 0 spiro atoms. The third kappa shape index (κ3) is 5.37. The van der Waals surface area contributed by atoms with E-state index in [4.69, 9.17) is 28.3 Å². The van der Waals surface area contributed by atoms with E-state index >= 15 is 0 Å². The topological polar surface area (TPSA) is 47.9 Å². The summed E-state index contributed by atoms with van der Waals surface area (Å²) in [7, 11) is 0. The minimum Gasteiger partial charge on any atom is -0.288 e. The highest BCUT2D eigenvalue weighted by atomic mass is 79.9. The molecule has 4 rings (SSSR count). The Morgan fingerprint density at radius 2 is 2.00 bits per heavy atom. The smallest absolute Gasteiger partial charge is 0.281 e. The Morgan fingerprint density at radius 3 is 2.70 bits per heavy atom. The summed E-state index contributed by atoms with van der Waals surface area (Å²) in [5, 5.41) is 10.0. The van der Waals surface area contributed by atoms with E-state index in [0.717, 1.165) is 41.7 Å². The standard InChI is InChI=1S/C21H23BrCl2N4OS/c22-20-7-6-19(30-20)18-13-17(21(29)26-27-9-2-1-3-10-27)25-28(18)11-8-14-4-5-15(23)12-16(14)24/h4-7,12,18H,1-3,8-11,13H2,(H,26,29). The van der Waals surface area contributed by atoms with Gasteiger partial charge in [-0.3, -0.25) is 15.2 Å². The van der Waals surface area contributed by atoms with Gasteiger partial charge in [-0.05, 0) is 65.0 Å². The van der Waals surface area contributed by atoms with Gasteiger partial charge in [-0.15, -0.1) is 11.3 Å². The largest absolute Gasteiger partial charge is 0.288 e. The molecule has 30 heavy (non-hydrogen) atoms. The fraction of sp³-hybridized carbons (Fsp3) is 0.429. The number of hydrogen-bond acceptors (Lipinski definition) is 5. The average molecular weight is 530 g/mol. The first-order chi connectivity index (χ1) is 14.5. The molecule has 2 aromatic rings. The molecule has 0 bridgehead atoms. The molecule has 1 aromatic carbocycles. The van der Waals surface area contributed by atoms with Gasteiger partial charge in [-0.1, -0.05) is 35.7 Å². The Hall–Kier alpha value is -1.12. The molecule has 2 aliphatic rings. The summed E-state index contributed by atoms with van der Waals surface area (Å²) < 4.78 is 1.07. The van der Waals surface area contributed by atoms with Crippen molar-refractivity contribution in [1.29, 1.82) is 0 Å². The molecule has 0 radical (unpaired) electrons. The van der Waals surface area contributed by atoms with E-state index in [1.54, 1.807) is 17.4 Å². The van der Waals surface area contributed by atoms with Gasteiger partial charge in [-0.2, -0.15) is 5.10 Å². The van der Waals surface area contributed by atoms with Crippen LogP contribution < -0.4 is 5.43 Å². The van der Waals surface area contributed by atoms with Gasteiger partial charge >= 0.3 is 0 Å². The number of halogens is 3. The van der Waals surface area contributed by atoms with Gasteiger partial charge in [0.15, 0.2) is 0 Å². The average Bonchev–Trinajstić information content (AvgIpc) is 3.34. The molecule has 2 aliphatic heterocycles. The fourth-order valence-corrected chi connectivity index (χ4v) is 5.86. The van der Waals surface area contributed by atoms with Crippen LogP contribution in [0.2, 0.25) is 10.0 Å². The Balaban J connectivity index is 1.48. The lowest BCUT2D eigenvalue weighted by Crippen LogP contribution is -2.47. The number of carbonyl (C=O) groups excluding carboxylic acids is 1. The Bertz CT molecular complexity index is 945. The third-order valence-corrected chi connectivity index (χ3v) is 7.73. The molecule has 1 fully saturated rings. The number of piperidine rings is 1. The molecule has 0 saturated carbocycles. The van der Waals surface area contributed by atoms with Crippen LogP contribution in [0.4, 0.5) is 0 Å². The van der Waals surface area contributed by atoms with Gasteiger partial charge in [0.25, 0.3) is 5.91 Å². The summed E-state index contributed by atoms with van der Waals surface area (Å²) in [6, 6.07) is 9.75. The van der Waals surface area contributed by atoms with Gasteiger partial charge in [0.2, 0.25) is 0 Å². The number of thiophene rings is 1.